The Morgan fingerprint density at radius 1 is 1.26 bits per heavy atom. The monoisotopic (exact) mass is 363 g/mol. The molecular formula is C20H21N5O2. The Morgan fingerprint density at radius 2 is 2.15 bits per heavy atom. The Balaban J connectivity index is 1.76. The van der Waals surface area contributed by atoms with Crippen molar-refractivity contribution < 1.29 is 9.53 Å². The number of amides is 1. The molecule has 7 heteroatoms. The van der Waals surface area contributed by atoms with Gasteiger partial charge in [-0.3, -0.25) is 4.79 Å². The molecule has 2 bridgehead atoms. The highest BCUT2D eigenvalue weighted by Gasteiger charge is 2.17. The molecule has 1 aliphatic heterocycles. The molecule has 0 saturated carbocycles. The van der Waals surface area contributed by atoms with Gasteiger partial charge in [0.1, 0.15) is 23.6 Å². The van der Waals surface area contributed by atoms with Crippen molar-refractivity contribution in [3.8, 4) is 17.3 Å². The summed E-state index contributed by atoms with van der Waals surface area (Å²) in [6, 6.07) is 11.1. The summed E-state index contributed by atoms with van der Waals surface area (Å²) in [6.45, 7) is 5.38. The minimum Gasteiger partial charge on any atom is -0.492 e. The highest BCUT2D eigenvalue weighted by molar-refractivity contribution is 6.06. The summed E-state index contributed by atoms with van der Waals surface area (Å²) in [4.78, 5) is 17.4. The van der Waals surface area contributed by atoms with E-state index in [9.17, 15) is 4.79 Å². The van der Waals surface area contributed by atoms with Crippen molar-refractivity contribution in [3.05, 3.63) is 53.9 Å². The summed E-state index contributed by atoms with van der Waals surface area (Å²) in [5.41, 5.74) is 2.18. The number of aromatic nitrogens is 4. The van der Waals surface area contributed by atoms with E-state index in [0.29, 0.717) is 41.2 Å². The van der Waals surface area contributed by atoms with Crippen LogP contribution in [0.1, 0.15) is 29.3 Å². The number of rotatable bonds is 0. The summed E-state index contributed by atoms with van der Waals surface area (Å²) in [5, 5.41) is 11.1. The number of benzene rings is 1. The fourth-order valence-electron chi connectivity index (χ4n) is 3.05. The second-order valence-electron chi connectivity index (χ2n) is 6.91. The van der Waals surface area contributed by atoms with Gasteiger partial charge in [-0.15, -0.1) is 10.2 Å². The number of hydrogen-bond donors (Lipinski definition) is 1. The van der Waals surface area contributed by atoms with Crippen LogP contribution in [0.15, 0.2) is 42.7 Å². The predicted octanol–water partition coefficient (Wildman–Crippen LogP) is 3.32. The Hall–Kier alpha value is -3.22. The first-order chi connectivity index (χ1) is 13.1. The lowest BCUT2D eigenvalue weighted by molar-refractivity contribution is 0.102. The number of fused-ring (bicyclic) bond motifs is 5. The summed E-state index contributed by atoms with van der Waals surface area (Å²) in [6.07, 6.45) is 2.61. The highest BCUT2D eigenvalue weighted by Crippen LogP contribution is 2.24. The normalized spacial score (nSPS) is 17.1. The van der Waals surface area contributed by atoms with Crippen molar-refractivity contribution >= 4 is 11.7 Å². The highest BCUT2D eigenvalue weighted by atomic mass is 16.5. The molecule has 4 rings (SSSR count). The number of carbonyl (C=O) groups excluding carboxylic acids is 1. The minimum atomic E-state index is -0.246. The first-order valence-corrected chi connectivity index (χ1v) is 9.00. The van der Waals surface area contributed by atoms with Gasteiger partial charge in [-0.25, -0.2) is 4.98 Å². The minimum absolute atomic E-state index is 0.246. The van der Waals surface area contributed by atoms with Crippen molar-refractivity contribution in [1.82, 2.24) is 19.7 Å². The molecule has 0 saturated heterocycles. The maximum atomic E-state index is 12.8. The smallest absolute Gasteiger partial charge is 0.260 e. The number of aryl methyl sites for hydroxylation is 2. The standard InChI is InChI=1S/C20H21N5O2/c1-13-6-7-17-15(10-13)20(26)23-18-5-3-4-16(22-18)19-24-21-12-25(19)9-8-14(2)11-27-17/h3-7,10,12,14H,8-9,11H2,1-2H3,(H,22,23,26). The Bertz CT molecular complexity index is 982. The third-order valence-corrected chi connectivity index (χ3v) is 4.60. The molecule has 3 aromatic rings. The van der Waals surface area contributed by atoms with Gasteiger partial charge in [0.15, 0.2) is 5.82 Å². The quantitative estimate of drug-likeness (QED) is 0.662. The number of hydrogen-bond acceptors (Lipinski definition) is 5. The summed E-state index contributed by atoms with van der Waals surface area (Å²) >= 11 is 0. The van der Waals surface area contributed by atoms with E-state index in [-0.39, 0.29) is 5.91 Å². The first kappa shape index (κ1) is 17.2. The van der Waals surface area contributed by atoms with E-state index >= 15 is 0 Å². The molecule has 1 aromatic carbocycles. The van der Waals surface area contributed by atoms with Crippen LogP contribution in [0.3, 0.4) is 0 Å². The second-order valence-corrected chi connectivity index (χ2v) is 6.91. The lowest BCUT2D eigenvalue weighted by Gasteiger charge is -2.17. The Kier molecular flexibility index (Phi) is 4.58. The van der Waals surface area contributed by atoms with Crippen LogP contribution in [0.5, 0.6) is 5.75 Å². The number of ether oxygens (including phenoxy) is 1. The zero-order chi connectivity index (χ0) is 18.8. The molecule has 2 aromatic heterocycles. The van der Waals surface area contributed by atoms with Crippen LogP contribution in [0, 0.1) is 12.8 Å². The fourth-order valence-corrected chi connectivity index (χ4v) is 3.05. The van der Waals surface area contributed by atoms with Crippen LogP contribution in [-0.4, -0.2) is 32.3 Å². The predicted molar refractivity (Wildman–Crippen MR) is 102 cm³/mol. The van der Waals surface area contributed by atoms with Crippen LogP contribution in [0.4, 0.5) is 5.82 Å². The van der Waals surface area contributed by atoms with Gasteiger partial charge in [-0.1, -0.05) is 24.6 Å². The molecule has 7 nitrogen and oxygen atoms in total. The number of carbonyl (C=O) groups is 1. The summed E-state index contributed by atoms with van der Waals surface area (Å²) in [7, 11) is 0. The van der Waals surface area contributed by atoms with E-state index < -0.39 is 0 Å². The third kappa shape index (κ3) is 3.67. The van der Waals surface area contributed by atoms with Gasteiger partial charge in [0.25, 0.3) is 5.91 Å². The zero-order valence-electron chi connectivity index (χ0n) is 15.3. The molecule has 1 amide bonds. The molecule has 1 aliphatic rings. The van der Waals surface area contributed by atoms with Crippen molar-refractivity contribution in [2.75, 3.05) is 11.9 Å². The van der Waals surface area contributed by atoms with Gasteiger partial charge < -0.3 is 14.6 Å². The van der Waals surface area contributed by atoms with Gasteiger partial charge >= 0.3 is 0 Å². The molecule has 3 heterocycles. The van der Waals surface area contributed by atoms with Crippen molar-refractivity contribution in [2.45, 2.75) is 26.8 Å². The molecular weight excluding hydrogens is 342 g/mol. The third-order valence-electron chi connectivity index (χ3n) is 4.60. The molecule has 0 aliphatic carbocycles. The average Bonchev–Trinajstić information content (AvgIpc) is 3.13. The van der Waals surface area contributed by atoms with Crippen LogP contribution >= 0.6 is 0 Å². The molecule has 0 fully saturated rings. The van der Waals surface area contributed by atoms with Crippen LogP contribution in [0.25, 0.3) is 11.5 Å². The number of nitrogens with one attached hydrogen (secondary N) is 1. The van der Waals surface area contributed by atoms with Crippen LogP contribution < -0.4 is 10.1 Å². The molecule has 0 radical (unpaired) electrons. The number of anilines is 1. The summed E-state index contributed by atoms with van der Waals surface area (Å²) in [5.74, 6) is 1.80. The molecule has 0 spiro atoms. The van der Waals surface area contributed by atoms with Gasteiger partial charge in [0.2, 0.25) is 0 Å². The molecule has 138 valence electrons. The Morgan fingerprint density at radius 3 is 3.04 bits per heavy atom. The second kappa shape index (κ2) is 7.19. The van der Waals surface area contributed by atoms with Crippen molar-refractivity contribution in [3.63, 3.8) is 0 Å². The topological polar surface area (TPSA) is 81.9 Å². The van der Waals surface area contributed by atoms with E-state index in [1.54, 1.807) is 12.4 Å². The zero-order valence-corrected chi connectivity index (χ0v) is 15.3. The molecule has 1 N–H and O–H groups in total. The van der Waals surface area contributed by atoms with Gasteiger partial charge in [-0.05, 0) is 43.5 Å². The van der Waals surface area contributed by atoms with Crippen LogP contribution in [-0.2, 0) is 6.54 Å². The van der Waals surface area contributed by atoms with Gasteiger partial charge in [0, 0.05) is 6.54 Å². The largest absolute Gasteiger partial charge is 0.492 e. The van der Waals surface area contributed by atoms with Gasteiger partial charge in [0.05, 0.1) is 12.2 Å². The van der Waals surface area contributed by atoms with Crippen LogP contribution in [0.2, 0.25) is 0 Å². The fraction of sp³-hybridized carbons (Fsp3) is 0.300. The van der Waals surface area contributed by atoms with Crippen molar-refractivity contribution in [2.24, 2.45) is 5.92 Å². The SMILES string of the molecule is Cc1ccc2c(c1)C(=O)Nc1cccc(n1)-c1nncn1CCC(C)CO2. The molecule has 1 unspecified atom stereocenters. The van der Waals surface area contributed by atoms with E-state index in [2.05, 4.69) is 27.4 Å². The van der Waals surface area contributed by atoms with E-state index in [0.717, 1.165) is 18.5 Å². The maximum absolute atomic E-state index is 12.8. The number of pyridine rings is 1. The Labute approximate surface area is 157 Å². The molecule has 27 heavy (non-hydrogen) atoms. The average molecular weight is 363 g/mol. The maximum Gasteiger partial charge on any atom is 0.260 e. The van der Waals surface area contributed by atoms with E-state index in [4.69, 9.17) is 4.74 Å². The summed E-state index contributed by atoms with van der Waals surface area (Å²) < 4.78 is 7.95. The van der Waals surface area contributed by atoms with E-state index in [1.807, 2.05) is 41.8 Å². The molecule has 1 atom stereocenters. The lowest BCUT2D eigenvalue weighted by atomic mass is 10.1. The van der Waals surface area contributed by atoms with Crippen molar-refractivity contribution in [1.29, 1.82) is 0 Å². The van der Waals surface area contributed by atoms with Gasteiger partial charge in [-0.2, -0.15) is 0 Å². The first-order valence-electron chi connectivity index (χ1n) is 9.00. The number of nitrogens with zero attached hydrogens (tertiary/aromatic N) is 4. The lowest BCUT2D eigenvalue weighted by Crippen LogP contribution is -2.18. The van der Waals surface area contributed by atoms with E-state index in [1.165, 1.54) is 0 Å².